The van der Waals surface area contributed by atoms with Crippen LogP contribution in [0.1, 0.15) is 129 Å². The van der Waals surface area contributed by atoms with Gasteiger partial charge in [-0.25, -0.2) is 0 Å². The summed E-state index contributed by atoms with van der Waals surface area (Å²) < 4.78 is 0. The zero-order chi connectivity index (χ0) is 30.6. The van der Waals surface area contributed by atoms with Gasteiger partial charge >= 0.3 is 0 Å². The maximum absolute atomic E-state index is 5.47. The highest BCUT2D eigenvalue weighted by molar-refractivity contribution is 6.09. The second-order valence-electron chi connectivity index (χ2n) is 9.98. The largest absolute Gasteiger partial charge is 0.254 e. The summed E-state index contributed by atoms with van der Waals surface area (Å²) in [5, 5.41) is 0. The Morgan fingerprint density at radius 2 is 1.28 bits per heavy atom. The average Bonchev–Trinajstić information content (AvgIpc) is 2.95. The van der Waals surface area contributed by atoms with Gasteiger partial charge in [-0.05, 0) is 58.2 Å². The fourth-order valence-corrected chi connectivity index (χ4v) is 2.42. The molecular formula is C38H61N. The van der Waals surface area contributed by atoms with Crippen LogP contribution < -0.4 is 0 Å². The number of unbranched alkanes of at least 4 members (excludes halogenated alkanes) is 2. The smallest absolute Gasteiger partial charge is 0.0702 e. The Morgan fingerprint density at radius 1 is 0.846 bits per heavy atom. The van der Waals surface area contributed by atoms with Crippen LogP contribution >= 0.6 is 0 Å². The minimum atomic E-state index is 0.779. The summed E-state index contributed by atoms with van der Waals surface area (Å²) in [5.74, 6) is 3.62. The zero-order valence-corrected chi connectivity index (χ0v) is 27.7. The highest BCUT2D eigenvalue weighted by Gasteiger charge is 2.03. The van der Waals surface area contributed by atoms with Gasteiger partial charge < -0.3 is 0 Å². The molecule has 2 aromatic carbocycles. The molecule has 0 spiro atoms. The van der Waals surface area contributed by atoms with Crippen molar-refractivity contribution in [1.29, 1.82) is 0 Å². The lowest BCUT2D eigenvalue weighted by atomic mass is 10.0. The van der Waals surface area contributed by atoms with Crippen molar-refractivity contribution in [1.82, 2.24) is 0 Å². The maximum Gasteiger partial charge on any atom is 0.0702 e. The molecule has 39 heavy (non-hydrogen) atoms. The molecule has 1 nitrogen and oxygen atoms in total. The van der Waals surface area contributed by atoms with E-state index in [9.17, 15) is 0 Å². The van der Waals surface area contributed by atoms with E-state index in [0.717, 1.165) is 34.0 Å². The lowest BCUT2D eigenvalue weighted by Crippen LogP contribution is -1.98. The first-order valence-electron chi connectivity index (χ1n) is 15.0. The van der Waals surface area contributed by atoms with Crippen LogP contribution in [-0.4, -0.2) is 5.71 Å². The molecule has 0 fully saturated rings. The molecule has 0 aliphatic carbocycles. The summed E-state index contributed by atoms with van der Waals surface area (Å²) in [4.78, 5) is 4.41. The highest BCUT2D eigenvalue weighted by Crippen LogP contribution is 2.13. The normalized spacial score (nSPS) is 10.0. The van der Waals surface area contributed by atoms with Gasteiger partial charge in [0.2, 0.25) is 0 Å². The van der Waals surface area contributed by atoms with Gasteiger partial charge in [-0.3, -0.25) is 4.99 Å². The van der Waals surface area contributed by atoms with Crippen LogP contribution in [0.15, 0.2) is 71.9 Å². The number of hydrogen-bond donors (Lipinski definition) is 0. The number of rotatable bonds is 7. The van der Waals surface area contributed by atoms with Crippen LogP contribution in [0.3, 0.4) is 0 Å². The summed E-state index contributed by atoms with van der Waals surface area (Å²) in [6.07, 6.45) is 17.3. The minimum absolute atomic E-state index is 0.779. The lowest BCUT2D eigenvalue weighted by Gasteiger charge is -2.05. The molecule has 0 aromatic heterocycles. The molecule has 0 saturated heterocycles. The van der Waals surface area contributed by atoms with Crippen LogP contribution in [0.5, 0.6) is 0 Å². The second-order valence-corrected chi connectivity index (χ2v) is 9.98. The second kappa shape index (κ2) is 28.2. The number of terminal acetylenes is 1. The summed E-state index contributed by atoms with van der Waals surface area (Å²) in [6, 6.07) is 14.5. The Morgan fingerprint density at radius 3 is 1.56 bits per heavy atom. The van der Waals surface area contributed by atoms with E-state index in [1.54, 1.807) is 0 Å². The van der Waals surface area contributed by atoms with E-state index in [1.165, 1.54) is 49.7 Å². The molecule has 0 unspecified atom stereocenters. The van der Waals surface area contributed by atoms with E-state index in [4.69, 9.17) is 6.42 Å². The number of aliphatic imine (C=N–C) groups is 1. The first-order valence-corrected chi connectivity index (χ1v) is 15.0. The molecule has 2 aromatic rings. The highest BCUT2D eigenvalue weighted by atomic mass is 14.7. The summed E-state index contributed by atoms with van der Waals surface area (Å²) >= 11 is 0. The molecule has 0 N–H and O–H groups in total. The monoisotopic (exact) mass is 531 g/mol. The number of allylic oxidation sites excluding steroid dienone is 3. The topological polar surface area (TPSA) is 12.4 Å². The minimum Gasteiger partial charge on any atom is -0.254 e. The summed E-state index contributed by atoms with van der Waals surface area (Å²) in [7, 11) is 0. The fourth-order valence-electron chi connectivity index (χ4n) is 2.42. The summed E-state index contributed by atoms with van der Waals surface area (Å²) in [5.41, 5.74) is 7.35. The van der Waals surface area contributed by atoms with Crippen molar-refractivity contribution in [2.45, 2.75) is 122 Å². The van der Waals surface area contributed by atoms with Crippen molar-refractivity contribution < 1.29 is 0 Å². The Balaban J connectivity index is -0.000000487. The third-order valence-corrected chi connectivity index (χ3v) is 5.94. The van der Waals surface area contributed by atoms with Gasteiger partial charge in [0.25, 0.3) is 0 Å². The van der Waals surface area contributed by atoms with Crippen LogP contribution in [0.2, 0.25) is 0 Å². The molecule has 0 saturated carbocycles. The van der Waals surface area contributed by atoms with Crippen molar-refractivity contribution in [3.05, 3.63) is 94.7 Å². The van der Waals surface area contributed by atoms with E-state index in [1.807, 2.05) is 51.1 Å². The molecule has 0 aliphatic heterocycles. The van der Waals surface area contributed by atoms with Gasteiger partial charge in [0, 0.05) is 16.8 Å². The number of aryl methyl sites for hydroxylation is 3. The molecule has 218 valence electrons. The van der Waals surface area contributed by atoms with E-state index in [-0.39, 0.29) is 0 Å². The van der Waals surface area contributed by atoms with Crippen molar-refractivity contribution in [3.8, 4) is 12.3 Å². The molecule has 0 aliphatic rings. The quantitative estimate of drug-likeness (QED) is 0.249. The van der Waals surface area contributed by atoms with Crippen LogP contribution in [0.25, 0.3) is 0 Å². The third kappa shape index (κ3) is 25.2. The fraction of sp³-hybridized carbons (Fsp3) is 0.500. The lowest BCUT2D eigenvalue weighted by molar-refractivity contribution is 0.544. The Labute approximate surface area is 245 Å². The first-order chi connectivity index (χ1) is 18.5. The first kappa shape index (κ1) is 40.6. The van der Waals surface area contributed by atoms with Crippen molar-refractivity contribution in [2.24, 2.45) is 10.9 Å². The zero-order valence-electron chi connectivity index (χ0n) is 27.7. The van der Waals surface area contributed by atoms with E-state index in [2.05, 4.69) is 104 Å². The molecule has 0 bridgehead atoms. The van der Waals surface area contributed by atoms with Gasteiger partial charge in [0.15, 0.2) is 0 Å². The molecular weight excluding hydrogens is 470 g/mol. The number of benzene rings is 2. The van der Waals surface area contributed by atoms with Crippen LogP contribution in [0, 0.1) is 39.0 Å². The maximum atomic E-state index is 5.47. The van der Waals surface area contributed by atoms with Gasteiger partial charge in [0.1, 0.15) is 0 Å². The molecule has 2 rings (SSSR count). The Kier molecular flexibility index (Phi) is 29.4. The Bertz CT molecular complexity index is 918. The SMILES string of the molecule is C#Cc1cc(C(/C=C\C)=NC(=C)C)ccc1C.CCC(C)CC.CCCC.CCCC.Cc1ccc(C)cc1. The molecule has 1 heteroatoms. The molecule has 0 amide bonds. The van der Waals surface area contributed by atoms with Crippen molar-refractivity contribution in [2.75, 3.05) is 0 Å². The van der Waals surface area contributed by atoms with E-state index < -0.39 is 0 Å². The molecule has 0 radical (unpaired) electrons. The van der Waals surface area contributed by atoms with Crippen LogP contribution in [0.4, 0.5) is 0 Å². The van der Waals surface area contributed by atoms with E-state index in [0.29, 0.717) is 0 Å². The van der Waals surface area contributed by atoms with Crippen molar-refractivity contribution in [3.63, 3.8) is 0 Å². The van der Waals surface area contributed by atoms with Crippen molar-refractivity contribution >= 4 is 5.71 Å². The standard InChI is InChI=1S/C16H17N.C8H10.C6H14.2C4H10/c1-6-8-16(17-12(3)4)15-10-9-13(5)14(7-2)11-15;1-7-3-5-8(2)6-4-7;1-4-6(3)5-2;2*1-3-4-2/h2,6,8-11H,3H2,1,4-5H3;3-6H,1-2H3;6H,4-5H2,1-3H3;2*3-4H2,1-2H3/b8-6-,17-16?;;;;. The van der Waals surface area contributed by atoms with E-state index >= 15 is 0 Å². The Hall–Kier alpha value is -2.85. The third-order valence-electron chi connectivity index (χ3n) is 5.94. The predicted octanol–water partition coefficient (Wildman–Crippen LogP) is 12.2. The predicted molar refractivity (Wildman–Crippen MR) is 182 cm³/mol. The molecule has 0 heterocycles. The average molecular weight is 532 g/mol. The number of nitrogens with zero attached hydrogens (tertiary/aromatic N) is 1. The number of hydrogen-bond acceptors (Lipinski definition) is 1. The van der Waals surface area contributed by atoms with Crippen LogP contribution in [-0.2, 0) is 0 Å². The molecule has 0 atom stereocenters. The summed E-state index contributed by atoms with van der Waals surface area (Å²) in [6.45, 7) is 29.3. The van der Waals surface area contributed by atoms with Gasteiger partial charge in [-0.2, -0.15) is 0 Å². The van der Waals surface area contributed by atoms with Gasteiger partial charge in [-0.1, -0.05) is 153 Å². The van der Waals surface area contributed by atoms with Gasteiger partial charge in [-0.15, -0.1) is 6.42 Å². The van der Waals surface area contributed by atoms with Gasteiger partial charge in [0.05, 0.1) is 5.71 Å².